The molecule has 172 valence electrons. The van der Waals surface area contributed by atoms with Gasteiger partial charge in [0.15, 0.2) is 12.1 Å². The van der Waals surface area contributed by atoms with Gasteiger partial charge in [0.05, 0.1) is 20.3 Å². The highest BCUT2D eigenvalue weighted by molar-refractivity contribution is 5.82. The van der Waals surface area contributed by atoms with Crippen molar-refractivity contribution in [2.24, 2.45) is 0 Å². The van der Waals surface area contributed by atoms with Crippen LogP contribution in [0.2, 0.25) is 0 Å². The molecule has 0 aliphatic heterocycles. The van der Waals surface area contributed by atoms with Crippen LogP contribution in [0.3, 0.4) is 0 Å². The van der Waals surface area contributed by atoms with E-state index >= 15 is 0 Å². The number of halogens is 3. The van der Waals surface area contributed by atoms with E-state index in [0.717, 1.165) is 29.4 Å². The normalized spacial score (nSPS) is 14.8. The number of fused-ring (bicyclic) bond motifs is 3. The minimum Gasteiger partial charge on any atom is -0.467 e. The lowest BCUT2D eigenvalue weighted by atomic mass is 9.98. The average Bonchev–Trinajstić information content (AvgIpc) is 3.09. The maximum Gasteiger partial charge on any atom is 0.416 e. The van der Waals surface area contributed by atoms with Gasteiger partial charge >= 0.3 is 18.2 Å². The number of benzene rings is 2. The molecule has 1 amide bonds. The van der Waals surface area contributed by atoms with Gasteiger partial charge in [0.2, 0.25) is 0 Å². The number of amides is 1. The van der Waals surface area contributed by atoms with Gasteiger partial charge in [0.25, 0.3) is 0 Å². The standard InChI is InChI=1S/C22H22F3NO6/c1-30-20(28)18(11-31-12-19(27)22(23,24)25)26-21(29)32-10-17-15-8-4-2-6-13(15)14-7-3-5-9-16(14)17/h2-9,17-19,27H,10-12H2,1H3,(H,26,29)/t18-,19?/m0/s1. The topological polar surface area (TPSA) is 94.1 Å². The first-order valence-corrected chi connectivity index (χ1v) is 9.74. The molecule has 2 aromatic carbocycles. The molecule has 7 nitrogen and oxygen atoms in total. The quantitative estimate of drug-likeness (QED) is 0.597. The fourth-order valence-electron chi connectivity index (χ4n) is 3.49. The van der Waals surface area contributed by atoms with Gasteiger partial charge in [-0.3, -0.25) is 0 Å². The van der Waals surface area contributed by atoms with Crippen LogP contribution in [0.5, 0.6) is 0 Å². The average molecular weight is 453 g/mol. The SMILES string of the molecule is COC(=O)[C@H](COCC(O)C(F)(F)F)NC(=O)OCC1c2ccccc2-c2ccccc21. The summed E-state index contributed by atoms with van der Waals surface area (Å²) < 4.78 is 51.6. The minimum absolute atomic E-state index is 0.0125. The molecule has 0 radical (unpaired) electrons. The van der Waals surface area contributed by atoms with E-state index in [0.29, 0.717) is 0 Å². The second-order valence-electron chi connectivity index (χ2n) is 7.14. The highest BCUT2D eigenvalue weighted by atomic mass is 19.4. The van der Waals surface area contributed by atoms with Crippen molar-refractivity contribution in [2.45, 2.75) is 24.2 Å². The molecule has 32 heavy (non-hydrogen) atoms. The fraction of sp³-hybridized carbons (Fsp3) is 0.364. The Bertz CT molecular complexity index is 919. The number of rotatable bonds is 8. The molecule has 0 saturated heterocycles. The number of hydrogen-bond acceptors (Lipinski definition) is 6. The number of nitrogens with one attached hydrogen (secondary N) is 1. The number of esters is 1. The van der Waals surface area contributed by atoms with Gasteiger partial charge in [-0.25, -0.2) is 9.59 Å². The summed E-state index contributed by atoms with van der Waals surface area (Å²) in [5.74, 6) is -1.14. The Morgan fingerprint density at radius 1 is 1.03 bits per heavy atom. The first-order chi connectivity index (χ1) is 15.2. The van der Waals surface area contributed by atoms with Crippen molar-refractivity contribution in [3.05, 3.63) is 59.7 Å². The van der Waals surface area contributed by atoms with Crippen molar-refractivity contribution in [3.63, 3.8) is 0 Å². The van der Waals surface area contributed by atoms with Gasteiger partial charge in [0.1, 0.15) is 6.61 Å². The molecule has 0 spiro atoms. The Labute approximate surface area is 182 Å². The second-order valence-corrected chi connectivity index (χ2v) is 7.14. The number of aliphatic hydroxyl groups is 1. The predicted octanol–water partition coefficient (Wildman–Crippen LogP) is 3.01. The van der Waals surface area contributed by atoms with Crippen LogP contribution in [-0.2, 0) is 19.0 Å². The zero-order valence-corrected chi connectivity index (χ0v) is 17.1. The highest BCUT2D eigenvalue weighted by Gasteiger charge is 2.38. The molecule has 1 aliphatic rings. The van der Waals surface area contributed by atoms with E-state index < -0.39 is 43.6 Å². The number of ether oxygens (including phenoxy) is 3. The molecule has 3 rings (SSSR count). The maximum atomic E-state index is 12.4. The smallest absolute Gasteiger partial charge is 0.416 e. The third-order valence-corrected chi connectivity index (χ3v) is 5.06. The Hall–Kier alpha value is -3.11. The number of alkyl carbamates (subject to hydrolysis) is 1. The van der Waals surface area contributed by atoms with Crippen LogP contribution in [0.4, 0.5) is 18.0 Å². The van der Waals surface area contributed by atoms with Gasteiger partial charge in [-0.1, -0.05) is 48.5 Å². The maximum absolute atomic E-state index is 12.4. The van der Waals surface area contributed by atoms with Gasteiger partial charge in [0, 0.05) is 5.92 Å². The van der Waals surface area contributed by atoms with Crippen LogP contribution >= 0.6 is 0 Å². The largest absolute Gasteiger partial charge is 0.467 e. The van der Waals surface area contributed by atoms with E-state index in [1.165, 1.54) is 0 Å². The van der Waals surface area contributed by atoms with Crippen LogP contribution in [-0.4, -0.2) is 62.4 Å². The Kier molecular flexibility index (Phi) is 7.37. The zero-order valence-electron chi connectivity index (χ0n) is 17.1. The fourth-order valence-corrected chi connectivity index (χ4v) is 3.49. The number of aliphatic hydroxyl groups excluding tert-OH is 1. The number of carbonyl (C=O) groups is 2. The Balaban J connectivity index is 1.59. The third-order valence-electron chi connectivity index (χ3n) is 5.06. The molecule has 1 aliphatic carbocycles. The summed E-state index contributed by atoms with van der Waals surface area (Å²) in [5.41, 5.74) is 4.08. The molecule has 10 heteroatoms. The lowest BCUT2D eigenvalue weighted by Gasteiger charge is -2.20. The molecule has 0 saturated carbocycles. The number of alkyl halides is 3. The first kappa shape index (κ1) is 23.6. The lowest BCUT2D eigenvalue weighted by Crippen LogP contribution is -2.46. The Morgan fingerprint density at radius 3 is 2.12 bits per heavy atom. The molecule has 0 aromatic heterocycles. The summed E-state index contributed by atoms with van der Waals surface area (Å²) in [6.07, 6.45) is -8.53. The summed E-state index contributed by atoms with van der Waals surface area (Å²) >= 11 is 0. The molecular weight excluding hydrogens is 431 g/mol. The molecule has 2 aromatic rings. The van der Waals surface area contributed by atoms with Gasteiger partial charge in [-0.2, -0.15) is 13.2 Å². The number of methoxy groups -OCH3 is 1. The summed E-state index contributed by atoms with van der Waals surface area (Å²) in [6.45, 7) is -1.74. The summed E-state index contributed by atoms with van der Waals surface area (Å²) in [5, 5.41) is 11.2. The molecular formula is C22H22F3NO6. The highest BCUT2D eigenvalue weighted by Crippen LogP contribution is 2.44. The molecule has 2 atom stereocenters. The van der Waals surface area contributed by atoms with Crippen molar-refractivity contribution < 1.29 is 42.1 Å². The zero-order chi connectivity index (χ0) is 23.3. The van der Waals surface area contributed by atoms with E-state index in [9.17, 15) is 22.8 Å². The van der Waals surface area contributed by atoms with Crippen LogP contribution in [0, 0.1) is 0 Å². The molecule has 0 heterocycles. The van der Waals surface area contributed by atoms with Crippen LogP contribution in [0.1, 0.15) is 17.0 Å². The number of hydrogen-bond donors (Lipinski definition) is 2. The van der Waals surface area contributed by atoms with Gasteiger partial charge in [-0.15, -0.1) is 0 Å². The molecule has 1 unspecified atom stereocenters. The minimum atomic E-state index is -4.86. The summed E-state index contributed by atoms with van der Waals surface area (Å²) in [7, 11) is 1.05. The van der Waals surface area contributed by atoms with E-state index in [2.05, 4.69) is 10.1 Å². The van der Waals surface area contributed by atoms with E-state index in [1.54, 1.807) is 0 Å². The number of carbonyl (C=O) groups excluding carboxylic acids is 2. The van der Waals surface area contributed by atoms with E-state index in [-0.39, 0.29) is 12.5 Å². The van der Waals surface area contributed by atoms with Gasteiger partial charge < -0.3 is 24.6 Å². The van der Waals surface area contributed by atoms with Crippen LogP contribution < -0.4 is 5.32 Å². The summed E-state index contributed by atoms with van der Waals surface area (Å²) in [4.78, 5) is 24.1. The van der Waals surface area contributed by atoms with Crippen molar-refractivity contribution in [1.82, 2.24) is 5.32 Å². The molecule has 0 bridgehead atoms. The first-order valence-electron chi connectivity index (χ1n) is 9.74. The van der Waals surface area contributed by atoms with Gasteiger partial charge in [-0.05, 0) is 22.3 Å². The lowest BCUT2D eigenvalue weighted by molar-refractivity contribution is -0.217. The molecule has 0 fully saturated rings. The van der Waals surface area contributed by atoms with Crippen molar-refractivity contribution >= 4 is 12.1 Å². The second kappa shape index (κ2) is 10.0. The van der Waals surface area contributed by atoms with Crippen molar-refractivity contribution in [3.8, 4) is 11.1 Å². The van der Waals surface area contributed by atoms with Crippen LogP contribution in [0.25, 0.3) is 11.1 Å². The van der Waals surface area contributed by atoms with Crippen LogP contribution in [0.15, 0.2) is 48.5 Å². The third kappa shape index (κ3) is 5.38. The Morgan fingerprint density at radius 2 is 1.59 bits per heavy atom. The molecule has 2 N–H and O–H groups in total. The van der Waals surface area contributed by atoms with E-state index in [4.69, 9.17) is 14.6 Å². The van der Waals surface area contributed by atoms with Crippen molar-refractivity contribution in [2.75, 3.05) is 26.9 Å². The predicted molar refractivity (Wildman–Crippen MR) is 107 cm³/mol. The van der Waals surface area contributed by atoms with E-state index in [1.807, 2.05) is 48.5 Å². The van der Waals surface area contributed by atoms with Crippen molar-refractivity contribution in [1.29, 1.82) is 0 Å². The summed E-state index contributed by atoms with van der Waals surface area (Å²) in [6, 6.07) is 14.1. The monoisotopic (exact) mass is 453 g/mol.